The number of hydrogen-bond donors (Lipinski definition) is 3. The standard InChI is InChI=1S/C13H16BrN5O/c1-7(20)18-10-5-17-13-11(10)12(9(14)4-16-13)19-3-2-8(15)6-19/h4-5,8H,2-3,6,15H2,1H3,(H,16,17)(H,18,20). The average molecular weight is 338 g/mol. The summed E-state index contributed by atoms with van der Waals surface area (Å²) in [5, 5.41) is 3.76. The van der Waals surface area contributed by atoms with Gasteiger partial charge in [0.15, 0.2) is 0 Å². The maximum Gasteiger partial charge on any atom is 0.221 e. The fourth-order valence-electron chi connectivity index (χ4n) is 2.64. The minimum atomic E-state index is -0.102. The molecule has 1 aliphatic rings. The van der Waals surface area contributed by atoms with E-state index < -0.39 is 0 Å². The van der Waals surface area contributed by atoms with E-state index in [0.29, 0.717) is 0 Å². The van der Waals surface area contributed by atoms with Crippen molar-refractivity contribution in [1.82, 2.24) is 9.97 Å². The summed E-state index contributed by atoms with van der Waals surface area (Å²) in [6.45, 7) is 3.21. The molecule has 0 saturated carbocycles. The number of carbonyl (C=O) groups is 1. The van der Waals surface area contributed by atoms with Crippen LogP contribution in [0.3, 0.4) is 0 Å². The van der Waals surface area contributed by atoms with Gasteiger partial charge < -0.3 is 20.9 Å². The number of fused-ring (bicyclic) bond motifs is 1. The molecule has 20 heavy (non-hydrogen) atoms. The molecule has 0 bridgehead atoms. The molecule has 7 heteroatoms. The lowest BCUT2D eigenvalue weighted by molar-refractivity contribution is -0.114. The third kappa shape index (κ3) is 2.27. The molecular weight excluding hydrogens is 322 g/mol. The summed E-state index contributed by atoms with van der Waals surface area (Å²) in [6.07, 6.45) is 4.51. The lowest BCUT2D eigenvalue weighted by Crippen LogP contribution is -2.26. The molecule has 0 radical (unpaired) electrons. The molecule has 1 fully saturated rings. The number of carbonyl (C=O) groups excluding carboxylic acids is 1. The van der Waals surface area contributed by atoms with E-state index in [4.69, 9.17) is 5.73 Å². The van der Waals surface area contributed by atoms with Crippen molar-refractivity contribution in [1.29, 1.82) is 0 Å². The highest BCUT2D eigenvalue weighted by Gasteiger charge is 2.25. The van der Waals surface area contributed by atoms with Gasteiger partial charge in [-0.1, -0.05) is 0 Å². The maximum atomic E-state index is 11.3. The minimum absolute atomic E-state index is 0.102. The van der Waals surface area contributed by atoms with Gasteiger partial charge in [-0.3, -0.25) is 4.79 Å². The van der Waals surface area contributed by atoms with E-state index in [9.17, 15) is 4.79 Å². The van der Waals surface area contributed by atoms with Crippen molar-refractivity contribution in [2.75, 3.05) is 23.3 Å². The van der Waals surface area contributed by atoms with Gasteiger partial charge in [-0.15, -0.1) is 0 Å². The van der Waals surface area contributed by atoms with Crippen LogP contribution in [0.2, 0.25) is 0 Å². The molecule has 2 aromatic heterocycles. The van der Waals surface area contributed by atoms with E-state index in [1.54, 1.807) is 12.4 Å². The van der Waals surface area contributed by atoms with Crippen LogP contribution < -0.4 is 16.0 Å². The third-order valence-electron chi connectivity index (χ3n) is 3.48. The Hall–Kier alpha value is -1.60. The van der Waals surface area contributed by atoms with Gasteiger partial charge in [0, 0.05) is 38.4 Å². The van der Waals surface area contributed by atoms with Gasteiger partial charge in [0.2, 0.25) is 5.91 Å². The van der Waals surface area contributed by atoms with Gasteiger partial charge in [-0.2, -0.15) is 0 Å². The van der Waals surface area contributed by atoms with E-state index in [1.165, 1.54) is 6.92 Å². The molecule has 106 valence electrons. The Kier molecular flexibility index (Phi) is 3.39. The number of H-pyrrole nitrogens is 1. The number of hydrogen-bond acceptors (Lipinski definition) is 4. The van der Waals surface area contributed by atoms with Crippen molar-refractivity contribution in [3.05, 3.63) is 16.9 Å². The second-order valence-corrected chi connectivity index (χ2v) is 5.91. The molecule has 3 heterocycles. The van der Waals surface area contributed by atoms with E-state index in [-0.39, 0.29) is 11.9 Å². The highest BCUT2D eigenvalue weighted by molar-refractivity contribution is 9.10. The number of nitrogens with one attached hydrogen (secondary N) is 2. The van der Waals surface area contributed by atoms with E-state index in [2.05, 4.69) is 36.1 Å². The van der Waals surface area contributed by atoms with Gasteiger partial charge >= 0.3 is 0 Å². The predicted octanol–water partition coefficient (Wildman–Crippen LogP) is 1.82. The summed E-state index contributed by atoms with van der Waals surface area (Å²) in [4.78, 5) is 21.0. The van der Waals surface area contributed by atoms with Crippen molar-refractivity contribution in [3.63, 3.8) is 0 Å². The number of amides is 1. The minimum Gasteiger partial charge on any atom is -0.368 e. The van der Waals surface area contributed by atoms with Gasteiger partial charge in [0.25, 0.3) is 0 Å². The van der Waals surface area contributed by atoms with Crippen LogP contribution in [0.4, 0.5) is 11.4 Å². The van der Waals surface area contributed by atoms with Crippen molar-refractivity contribution < 1.29 is 4.79 Å². The van der Waals surface area contributed by atoms with Gasteiger partial charge in [-0.25, -0.2) is 4.98 Å². The van der Waals surface area contributed by atoms with Crippen LogP contribution in [-0.2, 0) is 4.79 Å². The normalized spacial score (nSPS) is 18.8. The predicted molar refractivity (Wildman–Crippen MR) is 82.9 cm³/mol. The second kappa shape index (κ2) is 5.06. The second-order valence-electron chi connectivity index (χ2n) is 5.06. The monoisotopic (exact) mass is 337 g/mol. The lowest BCUT2D eigenvalue weighted by Gasteiger charge is -2.21. The van der Waals surface area contributed by atoms with Crippen molar-refractivity contribution in [3.8, 4) is 0 Å². The Morgan fingerprint density at radius 3 is 3.10 bits per heavy atom. The molecular formula is C13H16BrN5O. The Morgan fingerprint density at radius 2 is 2.45 bits per heavy atom. The molecule has 4 N–H and O–H groups in total. The molecule has 1 unspecified atom stereocenters. The van der Waals surface area contributed by atoms with Crippen LogP contribution >= 0.6 is 15.9 Å². The number of aromatic amines is 1. The highest BCUT2D eigenvalue weighted by atomic mass is 79.9. The lowest BCUT2D eigenvalue weighted by atomic mass is 10.2. The zero-order valence-electron chi connectivity index (χ0n) is 11.1. The number of anilines is 2. The van der Waals surface area contributed by atoms with Crippen LogP contribution in [0, 0.1) is 0 Å². The summed E-state index contributed by atoms with van der Waals surface area (Å²) in [5.41, 5.74) is 8.54. The Morgan fingerprint density at radius 1 is 1.65 bits per heavy atom. The first-order chi connectivity index (χ1) is 9.56. The molecule has 0 aromatic carbocycles. The number of pyridine rings is 1. The smallest absolute Gasteiger partial charge is 0.221 e. The van der Waals surface area contributed by atoms with Crippen LogP contribution in [0.25, 0.3) is 11.0 Å². The molecule has 0 aliphatic carbocycles. The van der Waals surface area contributed by atoms with Crippen LogP contribution in [-0.4, -0.2) is 35.0 Å². The molecule has 1 amide bonds. The largest absolute Gasteiger partial charge is 0.368 e. The fourth-order valence-corrected chi connectivity index (χ4v) is 3.19. The maximum absolute atomic E-state index is 11.3. The summed E-state index contributed by atoms with van der Waals surface area (Å²) < 4.78 is 0.908. The topological polar surface area (TPSA) is 87.0 Å². The van der Waals surface area contributed by atoms with Gasteiger partial charge in [-0.05, 0) is 22.4 Å². The molecule has 1 atom stereocenters. The van der Waals surface area contributed by atoms with E-state index in [0.717, 1.165) is 46.4 Å². The molecule has 1 saturated heterocycles. The van der Waals surface area contributed by atoms with Gasteiger partial charge in [0.05, 0.1) is 21.2 Å². The summed E-state index contributed by atoms with van der Waals surface area (Å²) >= 11 is 3.56. The average Bonchev–Trinajstić information content (AvgIpc) is 2.96. The van der Waals surface area contributed by atoms with Crippen molar-refractivity contribution in [2.24, 2.45) is 5.73 Å². The number of halogens is 1. The molecule has 1 aliphatic heterocycles. The molecule has 6 nitrogen and oxygen atoms in total. The summed E-state index contributed by atoms with van der Waals surface area (Å²) in [5.74, 6) is -0.102. The first-order valence-corrected chi connectivity index (χ1v) is 7.29. The summed E-state index contributed by atoms with van der Waals surface area (Å²) in [7, 11) is 0. The third-order valence-corrected chi connectivity index (χ3v) is 4.06. The van der Waals surface area contributed by atoms with Crippen molar-refractivity contribution >= 4 is 44.2 Å². The van der Waals surface area contributed by atoms with Gasteiger partial charge in [0.1, 0.15) is 5.65 Å². The Balaban J connectivity index is 2.15. The highest BCUT2D eigenvalue weighted by Crippen LogP contribution is 2.38. The Labute approximate surface area is 124 Å². The summed E-state index contributed by atoms with van der Waals surface area (Å²) in [6, 6.07) is 0.188. The van der Waals surface area contributed by atoms with Crippen LogP contribution in [0.5, 0.6) is 0 Å². The first kappa shape index (κ1) is 13.4. The molecule has 2 aromatic rings. The SMILES string of the molecule is CC(=O)Nc1c[nH]c2ncc(Br)c(N3CCC(N)C3)c12. The fraction of sp³-hybridized carbons (Fsp3) is 0.385. The van der Waals surface area contributed by atoms with Crippen LogP contribution in [0.1, 0.15) is 13.3 Å². The first-order valence-electron chi connectivity index (χ1n) is 6.50. The zero-order valence-corrected chi connectivity index (χ0v) is 12.7. The quantitative estimate of drug-likeness (QED) is 0.780. The van der Waals surface area contributed by atoms with E-state index in [1.807, 2.05) is 0 Å². The molecule has 0 spiro atoms. The molecule has 3 rings (SSSR count). The van der Waals surface area contributed by atoms with Crippen LogP contribution in [0.15, 0.2) is 16.9 Å². The zero-order chi connectivity index (χ0) is 14.3. The number of nitrogens with zero attached hydrogens (tertiary/aromatic N) is 2. The number of rotatable bonds is 2. The van der Waals surface area contributed by atoms with E-state index >= 15 is 0 Å². The number of nitrogens with two attached hydrogens (primary N) is 1. The Bertz CT molecular complexity index is 668. The number of aromatic nitrogens is 2. The van der Waals surface area contributed by atoms with Crippen molar-refractivity contribution in [2.45, 2.75) is 19.4 Å².